The van der Waals surface area contributed by atoms with E-state index in [1.807, 2.05) is 36.9 Å². The van der Waals surface area contributed by atoms with Gasteiger partial charge in [0.25, 0.3) is 0 Å². The first-order valence-electron chi connectivity index (χ1n) is 7.01. The van der Waals surface area contributed by atoms with Crippen LogP contribution >= 0.6 is 12.2 Å². The Kier molecular flexibility index (Phi) is 8.24. The zero-order valence-corrected chi connectivity index (χ0v) is 17.0. The molecule has 0 atom stereocenters. The van der Waals surface area contributed by atoms with Gasteiger partial charge in [-0.05, 0) is 25.0 Å². The zero-order valence-electron chi connectivity index (χ0n) is 13.4. The maximum Gasteiger partial charge on any atom is 1.00 e. The Labute approximate surface area is 165 Å². The molecule has 0 unspecified atom stereocenters. The molecule has 0 saturated carbocycles. The van der Waals surface area contributed by atoms with Crippen molar-refractivity contribution in [3.05, 3.63) is 29.3 Å². The number of nitrogens with one attached hydrogen (secondary N) is 1. The number of aryl methyl sites for hydroxylation is 2. The van der Waals surface area contributed by atoms with Crippen molar-refractivity contribution in [3.63, 3.8) is 0 Å². The molecule has 22 heavy (non-hydrogen) atoms. The SMILES string of the molecule is Cc1cccc(C)c1NC(=O)CN1CCN(C(=S)[S-])CC1.[Na+]. The molecule has 1 aliphatic heterocycles. The van der Waals surface area contributed by atoms with Gasteiger partial charge in [0.1, 0.15) is 0 Å². The molecule has 1 aromatic carbocycles. The molecule has 0 bridgehead atoms. The molecule has 1 fully saturated rings. The van der Waals surface area contributed by atoms with E-state index < -0.39 is 0 Å². The number of amides is 1. The molecule has 1 heterocycles. The van der Waals surface area contributed by atoms with Gasteiger partial charge in [0.15, 0.2) is 0 Å². The first kappa shape index (κ1) is 19.8. The molecule has 0 spiro atoms. The standard InChI is InChI=1S/C15H21N3OS2.Na/c1-11-4-3-5-12(2)14(11)16-13(19)10-17-6-8-18(9-7-17)15(20)21;/h3-5H,6-10H2,1-2H3,(H,16,19)(H,20,21);/q;+1/p-1. The summed E-state index contributed by atoms with van der Waals surface area (Å²) >= 11 is 10.0. The van der Waals surface area contributed by atoms with Crippen LogP contribution in [0.15, 0.2) is 18.2 Å². The summed E-state index contributed by atoms with van der Waals surface area (Å²) < 4.78 is 0.523. The van der Waals surface area contributed by atoms with Crippen molar-refractivity contribution < 1.29 is 34.4 Å². The van der Waals surface area contributed by atoms with Gasteiger partial charge < -0.3 is 35.1 Å². The van der Waals surface area contributed by atoms with E-state index in [2.05, 4.69) is 10.2 Å². The fraction of sp³-hybridized carbons (Fsp3) is 0.467. The zero-order chi connectivity index (χ0) is 15.4. The van der Waals surface area contributed by atoms with Gasteiger partial charge in [-0.25, -0.2) is 0 Å². The normalized spacial score (nSPS) is 15.1. The predicted octanol–water partition coefficient (Wildman–Crippen LogP) is -1.30. The molecule has 114 valence electrons. The summed E-state index contributed by atoms with van der Waals surface area (Å²) in [4.78, 5) is 16.3. The van der Waals surface area contributed by atoms with Gasteiger partial charge in [0, 0.05) is 31.9 Å². The van der Waals surface area contributed by atoms with Gasteiger partial charge in [0.2, 0.25) is 5.91 Å². The average molecular weight is 345 g/mol. The number of para-hydroxylation sites is 1. The second-order valence-corrected chi connectivity index (χ2v) is 6.38. The van der Waals surface area contributed by atoms with E-state index in [9.17, 15) is 4.79 Å². The van der Waals surface area contributed by atoms with Crippen LogP contribution in [0.2, 0.25) is 0 Å². The number of carbonyl (C=O) groups is 1. The van der Waals surface area contributed by atoms with Crippen LogP contribution < -0.4 is 34.9 Å². The Morgan fingerprint density at radius 2 is 1.77 bits per heavy atom. The van der Waals surface area contributed by atoms with Crippen molar-refractivity contribution >= 4 is 40.8 Å². The van der Waals surface area contributed by atoms with E-state index in [0.29, 0.717) is 10.9 Å². The summed E-state index contributed by atoms with van der Waals surface area (Å²) in [6.07, 6.45) is 0. The summed E-state index contributed by atoms with van der Waals surface area (Å²) in [6.45, 7) is 7.66. The minimum Gasteiger partial charge on any atom is -0.411 e. The molecule has 1 saturated heterocycles. The number of benzene rings is 1. The molecule has 1 N–H and O–H groups in total. The van der Waals surface area contributed by atoms with Gasteiger partial charge in [0.05, 0.1) is 6.54 Å². The third kappa shape index (κ3) is 5.44. The van der Waals surface area contributed by atoms with Crippen molar-refractivity contribution in [1.29, 1.82) is 0 Å². The quantitative estimate of drug-likeness (QED) is 0.418. The predicted molar refractivity (Wildman–Crippen MR) is 92.5 cm³/mol. The van der Waals surface area contributed by atoms with Crippen LogP contribution in [-0.4, -0.2) is 52.8 Å². The third-order valence-electron chi connectivity index (χ3n) is 3.74. The number of hydrogen-bond acceptors (Lipinski definition) is 4. The van der Waals surface area contributed by atoms with Crippen molar-refractivity contribution in [3.8, 4) is 0 Å². The van der Waals surface area contributed by atoms with Crippen molar-refractivity contribution in [1.82, 2.24) is 9.80 Å². The molecule has 0 aromatic heterocycles. The van der Waals surface area contributed by atoms with E-state index in [4.69, 9.17) is 24.8 Å². The van der Waals surface area contributed by atoms with E-state index >= 15 is 0 Å². The number of rotatable bonds is 3. The van der Waals surface area contributed by atoms with E-state index in [1.54, 1.807) is 0 Å². The maximum absolute atomic E-state index is 12.2. The Morgan fingerprint density at radius 1 is 1.23 bits per heavy atom. The number of hydrogen-bond donors (Lipinski definition) is 1. The van der Waals surface area contributed by atoms with Gasteiger partial charge in [-0.15, -0.1) is 0 Å². The molecule has 0 radical (unpaired) electrons. The first-order chi connectivity index (χ1) is 9.97. The summed E-state index contributed by atoms with van der Waals surface area (Å²) in [5.41, 5.74) is 3.10. The fourth-order valence-corrected chi connectivity index (χ4v) is 2.85. The second-order valence-electron chi connectivity index (χ2n) is 5.34. The number of nitrogens with zero attached hydrogens (tertiary/aromatic N) is 2. The maximum atomic E-state index is 12.2. The molecular formula is C15H20N3NaOS2. The van der Waals surface area contributed by atoms with E-state index in [-0.39, 0.29) is 35.5 Å². The van der Waals surface area contributed by atoms with E-state index in [0.717, 1.165) is 43.0 Å². The molecular weight excluding hydrogens is 325 g/mol. The molecule has 4 nitrogen and oxygen atoms in total. The number of anilines is 1. The van der Waals surface area contributed by atoms with Crippen molar-refractivity contribution in [2.24, 2.45) is 0 Å². The molecule has 0 aliphatic carbocycles. The number of thiocarbonyl (C=S) groups is 1. The van der Waals surface area contributed by atoms with Crippen molar-refractivity contribution in [2.45, 2.75) is 13.8 Å². The number of carbonyl (C=O) groups excluding carboxylic acids is 1. The van der Waals surface area contributed by atoms with E-state index in [1.165, 1.54) is 0 Å². The summed E-state index contributed by atoms with van der Waals surface area (Å²) in [5, 5.41) is 3.02. The Hall–Kier alpha value is -0.240. The van der Waals surface area contributed by atoms with Crippen LogP contribution in [0.25, 0.3) is 0 Å². The van der Waals surface area contributed by atoms with Crippen LogP contribution in [0.1, 0.15) is 11.1 Å². The Morgan fingerprint density at radius 3 is 2.27 bits per heavy atom. The Balaban J connectivity index is 0.00000242. The molecule has 2 rings (SSSR count). The summed E-state index contributed by atoms with van der Waals surface area (Å²) in [6, 6.07) is 6.01. The molecule has 1 amide bonds. The molecule has 1 aromatic rings. The van der Waals surface area contributed by atoms with Gasteiger partial charge in [-0.2, -0.15) is 0 Å². The topological polar surface area (TPSA) is 35.6 Å². The average Bonchev–Trinajstić information content (AvgIpc) is 2.43. The van der Waals surface area contributed by atoms with Gasteiger partial charge in [-0.3, -0.25) is 9.69 Å². The van der Waals surface area contributed by atoms with Crippen LogP contribution in [0, 0.1) is 13.8 Å². The van der Waals surface area contributed by atoms with Gasteiger partial charge in [-0.1, -0.05) is 22.5 Å². The van der Waals surface area contributed by atoms with Crippen LogP contribution in [0.4, 0.5) is 5.69 Å². The molecule has 1 aliphatic rings. The van der Waals surface area contributed by atoms with Crippen LogP contribution in [-0.2, 0) is 17.4 Å². The van der Waals surface area contributed by atoms with Gasteiger partial charge >= 0.3 is 29.6 Å². The van der Waals surface area contributed by atoms with Crippen LogP contribution in [0.5, 0.6) is 0 Å². The number of piperazine rings is 1. The minimum absolute atomic E-state index is 0. The second kappa shape index (κ2) is 9.15. The largest absolute Gasteiger partial charge is 1.00 e. The smallest absolute Gasteiger partial charge is 0.411 e. The third-order valence-corrected chi connectivity index (χ3v) is 4.26. The summed E-state index contributed by atoms with van der Waals surface area (Å²) in [7, 11) is 0. The fourth-order valence-electron chi connectivity index (χ4n) is 2.48. The Bertz CT molecular complexity index is 525. The molecule has 7 heteroatoms. The first-order valence-corrected chi connectivity index (χ1v) is 7.83. The van der Waals surface area contributed by atoms with Crippen LogP contribution in [0.3, 0.4) is 0 Å². The van der Waals surface area contributed by atoms with Crippen molar-refractivity contribution in [2.75, 3.05) is 38.0 Å². The monoisotopic (exact) mass is 345 g/mol. The summed E-state index contributed by atoms with van der Waals surface area (Å²) in [5.74, 6) is 0.0294. The minimum atomic E-state index is 0.